The van der Waals surface area contributed by atoms with E-state index in [-0.39, 0.29) is 17.6 Å². The van der Waals surface area contributed by atoms with E-state index in [2.05, 4.69) is 19.9 Å². The minimum atomic E-state index is -0.0619. The Morgan fingerprint density at radius 1 is 0.759 bits per heavy atom. The molecule has 0 aliphatic heterocycles. The molecule has 0 saturated heterocycles. The van der Waals surface area contributed by atoms with E-state index in [4.69, 9.17) is 23.7 Å². The molecule has 0 aromatic heterocycles. The zero-order valence-corrected chi connectivity index (χ0v) is 18.0. The summed E-state index contributed by atoms with van der Waals surface area (Å²) in [5.41, 5.74) is 4.18. The van der Waals surface area contributed by atoms with Crippen molar-refractivity contribution in [3.05, 3.63) is 40.5 Å². The van der Waals surface area contributed by atoms with Crippen LogP contribution in [0.5, 0.6) is 34.5 Å². The Morgan fingerprint density at radius 3 is 1.79 bits per heavy atom. The molecule has 0 heterocycles. The standard InChI is InChI=1S/C23H28O6/c1-12-8-14-11-18(27-5)22(28-6)23(29-7)20(14)19(13(12)2)15-9-16(25-3)21(24)17(10-15)26-4/h8-11,13,19,24H,1-7H3/t13-,19+/m0/s1. The number of hydrogen-bond donors (Lipinski definition) is 1. The van der Waals surface area contributed by atoms with Crippen LogP contribution in [0, 0.1) is 5.92 Å². The number of fused-ring (bicyclic) bond motifs is 1. The fourth-order valence-corrected chi connectivity index (χ4v) is 4.08. The number of benzene rings is 2. The van der Waals surface area contributed by atoms with Crippen molar-refractivity contribution in [3.63, 3.8) is 0 Å². The molecular weight excluding hydrogens is 372 g/mol. The van der Waals surface area contributed by atoms with Crippen molar-refractivity contribution >= 4 is 6.08 Å². The zero-order valence-electron chi connectivity index (χ0n) is 18.0. The fraction of sp³-hybridized carbons (Fsp3) is 0.391. The quantitative estimate of drug-likeness (QED) is 0.763. The van der Waals surface area contributed by atoms with Crippen molar-refractivity contribution in [2.75, 3.05) is 35.5 Å². The van der Waals surface area contributed by atoms with Gasteiger partial charge in [0.2, 0.25) is 11.5 Å². The number of phenolic OH excluding ortho intramolecular Hbond substituents is 1. The maximum Gasteiger partial charge on any atom is 0.203 e. The highest BCUT2D eigenvalue weighted by Crippen LogP contribution is 2.53. The minimum absolute atomic E-state index is 0.0195. The lowest BCUT2D eigenvalue weighted by atomic mass is 9.72. The first-order valence-corrected chi connectivity index (χ1v) is 9.37. The van der Waals surface area contributed by atoms with E-state index >= 15 is 0 Å². The largest absolute Gasteiger partial charge is 0.502 e. The highest BCUT2D eigenvalue weighted by molar-refractivity contribution is 5.73. The summed E-state index contributed by atoms with van der Waals surface area (Å²) in [5.74, 6) is 2.61. The molecule has 6 heteroatoms. The van der Waals surface area contributed by atoms with E-state index in [1.165, 1.54) is 19.8 Å². The summed E-state index contributed by atoms with van der Waals surface area (Å²) in [6.45, 7) is 4.28. The number of allylic oxidation sites excluding steroid dienone is 1. The average Bonchev–Trinajstić information content (AvgIpc) is 2.73. The lowest BCUT2D eigenvalue weighted by Gasteiger charge is -2.34. The molecule has 3 rings (SSSR count). The predicted octanol–water partition coefficient (Wildman–Crippen LogP) is 4.62. The molecule has 0 bridgehead atoms. The Balaban J connectivity index is 2.35. The van der Waals surface area contributed by atoms with Crippen LogP contribution in [0.2, 0.25) is 0 Å². The van der Waals surface area contributed by atoms with E-state index in [1.807, 2.05) is 18.2 Å². The van der Waals surface area contributed by atoms with E-state index in [1.54, 1.807) is 21.3 Å². The second-order valence-electron chi connectivity index (χ2n) is 7.08. The van der Waals surface area contributed by atoms with E-state index in [0.29, 0.717) is 28.7 Å². The normalized spacial score (nSPS) is 17.8. The topological polar surface area (TPSA) is 66.4 Å². The maximum absolute atomic E-state index is 10.4. The number of ether oxygens (including phenoxy) is 5. The second kappa shape index (κ2) is 8.15. The first-order chi connectivity index (χ1) is 13.9. The van der Waals surface area contributed by atoms with E-state index < -0.39 is 0 Å². The van der Waals surface area contributed by atoms with Gasteiger partial charge in [0, 0.05) is 11.5 Å². The molecule has 2 aromatic carbocycles. The summed E-state index contributed by atoms with van der Waals surface area (Å²) >= 11 is 0. The number of hydrogen-bond acceptors (Lipinski definition) is 6. The van der Waals surface area contributed by atoms with Crippen LogP contribution in [0.1, 0.15) is 36.5 Å². The Bertz CT molecular complexity index is 922. The molecule has 0 spiro atoms. The molecule has 6 nitrogen and oxygen atoms in total. The number of phenols is 1. The van der Waals surface area contributed by atoms with Crippen LogP contribution < -0.4 is 23.7 Å². The molecule has 0 saturated carbocycles. The number of rotatable bonds is 6. The Labute approximate surface area is 171 Å². The molecule has 2 atom stereocenters. The number of aromatic hydroxyl groups is 1. The molecule has 0 amide bonds. The van der Waals surface area contributed by atoms with Gasteiger partial charge in [0.05, 0.1) is 35.5 Å². The van der Waals surface area contributed by atoms with Gasteiger partial charge in [-0.15, -0.1) is 0 Å². The van der Waals surface area contributed by atoms with Gasteiger partial charge in [-0.3, -0.25) is 0 Å². The highest BCUT2D eigenvalue weighted by atomic mass is 16.5. The van der Waals surface area contributed by atoms with Crippen molar-refractivity contribution in [2.24, 2.45) is 5.92 Å². The SMILES string of the molecule is COc1cc([C@@H]2c3c(cc(OC)c(OC)c3OC)C=C(C)[C@@H]2C)cc(OC)c1O. The molecule has 0 unspecified atom stereocenters. The third-order valence-electron chi connectivity index (χ3n) is 5.67. The summed E-state index contributed by atoms with van der Waals surface area (Å²) in [6, 6.07) is 5.66. The average molecular weight is 400 g/mol. The van der Waals surface area contributed by atoms with Gasteiger partial charge in [0.1, 0.15) is 0 Å². The van der Waals surface area contributed by atoms with Crippen molar-refractivity contribution in [3.8, 4) is 34.5 Å². The summed E-state index contributed by atoms with van der Waals surface area (Å²) in [6.07, 6.45) is 2.15. The Kier molecular flexibility index (Phi) is 5.82. The van der Waals surface area contributed by atoms with Crippen LogP contribution in [0.25, 0.3) is 6.08 Å². The highest BCUT2D eigenvalue weighted by Gasteiger charge is 2.35. The summed E-state index contributed by atoms with van der Waals surface area (Å²) < 4.78 is 27.7. The lowest BCUT2D eigenvalue weighted by molar-refractivity contribution is 0.319. The van der Waals surface area contributed by atoms with E-state index in [0.717, 1.165) is 16.7 Å². The summed E-state index contributed by atoms with van der Waals surface area (Å²) in [5, 5.41) is 10.4. The van der Waals surface area contributed by atoms with Crippen LogP contribution >= 0.6 is 0 Å². The van der Waals surface area contributed by atoms with E-state index in [9.17, 15) is 5.11 Å². The maximum atomic E-state index is 10.4. The van der Waals surface area contributed by atoms with Crippen LogP contribution in [0.3, 0.4) is 0 Å². The Hall–Kier alpha value is -3.02. The van der Waals surface area contributed by atoms with Crippen LogP contribution in [0.4, 0.5) is 0 Å². The molecule has 0 fully saturated rings. The van der Waals surface area contributed by atoms with Gasteiger partial charge < -0.3 is 28.8 Å². The van der Waals surface area contributed by atoms with Crippen LogP contribution in [0.15, 0.2) is 23.8 Å². The van der Waals surface area contributed by atoms with Crippen molar-refractivity contribution in [2.45, 2.75) is 19.8 Å². The van der Waals surface area contributed by atoms with Crippen molar-refractivity contribution in [1.29, 1.82) is 0 Å². The van der Waals surface area contributed by atoms with Gasteiger partial charge in [0.15, 0.2) is 23.0 Å². The lowest BCUT2D eigenvalue weighted by Crippen LogP contribution is -2.19. The molecule has 1 aliphatic carbocycles. The van der Waals surface area contributed by atoms with Crippen molar-refractivity contribution < 1.29 is 28.8 Å². The minimum Gasteiger partial charge on any atom is -0.502 e. The van der Waals surface area contributed by atoms with Gasteiger partial charge in [-0.2, -0.15) is 0 Å². The third-order valence-corrected chi connectivity index (χ3v) is 5.67. The zero-order chi connectivity index (χ0) is 21.3. The molecule has 29 heavy (non-hydrogen) atoms. The van der Waals surface area contributed by atoms with Crippen molar-refractivity contribution in [1.82, 2.24) is 0 Å². The first kappa shape index (κ1) is 20.7. The third kappa shape index (κ3) is 3.33. The Morgan fingerprint density at radius 2 is 1.31 bits per heavy atom. The van der Waals surface area contributed by atoms with Crippen LogP contribution in [-0.4, -0.2) is 40.7 Å². The molecule has 0 radical (unpaired) electrons. The molecule has 1 aliphatic rings. The number of methoxy groups -OCH3 is 5. The summed E-state index contributed by atoms with van der Waals surface area (Å²) in [7, 11) is 7.88. The van der Waals surface area contributed by atoms with Gasteiger partial charge >= 0.3 is 0 Å². The predicted molar refractivity (Wildman–Crippen MR) is 112 cm³/mol. The monoisotopic (exact) mass is 400 g/mol. The van der Waals surface area contributed by atoms with Crippen LogP contribution in [-0.2, 0) is 0 Å². The smallest absolute Gasteiger partial charge is 0.203 e. The van der Waals surface area contributed by atoms with Gasteiger partial charge in [-0.25, -0.2) is 0 Å². The van der Waals surface area contributed by atoms with Gasteiger partial charge in [-0.05, 0) is 42.2 Å². The molecule has 156 valence electrons. The first-order valence-electron chi connectivity index (χ1n) is 9.37. The molecular formula is C23H28O6. The van der Waals surface area contributed by atoms with Gasteiger partial charge in [-0.1, -0.05) is 18.6 Å². The second-order valence-corrected chi connectivity index (χ2v) is 7.08. The molecule has 2 aromatic rings. The molecule has 1 N–H and O–H groups in total. The van der Waals surface area contributed by atoms with Gasteiger partial charge in [0.25, 0.3) is 0 Å². The summed E-state index contributed by atoms with van der Waals surface area (Å²) in [4.78, 5) is 0. The fourth-order valence-electron chi connectivity index (χ4n) is 4.08.